The number of benzene rings is 3. The summed E-state index contributed by atoms with van der Waals surface area (Å²) in [7, 11) is 1.56. The monoisotopic (exact) mass is 413 g/mol. The summed E-state index contributed by atoms with van der Waals surface area (Å²) >= 11 is 0. The molecular weight excluding hydrogens is 394 g/mol. The van der Waals surface area contributed by atoms with Gasteiger partial charge in [0.2, 0.25) is 0 Å². The predicted molar refractivity (Wildman–Crippen MR) is 117 cm³/mol. The zero-order valence-electron chi connectivity index (χ0n) is 16.7. The van der Waals surface area contributed by atoms with Gasteiger partial charge in [0, 0.05) is 22.7 Å². The average molecular weight is 413 g/mol. The number of ether oxygens (including phenoxy) is 2. The first-order valence-electron chi connectivity index (χ1n) is 9.47. The molecule has 3 aromatic carbocycles. The molecule has 1 aromatic heterocycles. The van der Waals surface area contributed by atoms with Gasteiger partial charge < -0.3 is 14.8 Å². The van der Waals surface area contributed by atoms with Gasteiger partial charge in [-0.05, 0) is 36.4 Å². The Morgan fingerprint density at radius 1 is 1.06 bits per heavy atom. The van der Waals surface area contributed by atoms with E-state index >= 15 is 0 Å². The van der Waals surface area contributed by atoms with E-state index < -0.39 is 6.03 Å². The van der Waals surface area contributed by atoms with Gasteiger partial charge >= 0.3 is 6.03 Å². The average Bonchev–Trinajstić information content (AvgIpc) is 3.19. The van der Waals surface area contributed by atoms with Crippen LogP contribution < -0.4 is 20.1 Å². The van der Waals surface area contributed by atoms with Gasteiger partial charge in [-0.25, -0.2) is 4.79 Å². The van der Waals surface area contributed by atoms with E-state index in [0.717, 1.165) is 11.1 Å². The number of urea groups is 1. The zero-order chi connectivity index (χ0) is 21.6. The van der Waals surface area contributed by atoms with E-state index in [9.17, 15) is 10.1 Å². The van der Waals surface area contributed by atoms with Gasteiger partial charge in [0.15, 0.2) is 5.82 Å². The first kappa shape index (κ1) is 19.8. The first-order valence-corrected chi connectivity index (χ1v) is 9.47. The topological polar surface area (TPSA) is 112 Å². The molecule has 3 N–H and O–H groups in total. The highest BCUT2D eigenvalue weighted by molar-refractivity contribution is 6.04. The number of aromatic amines is 1. The number of aromatic nitrogens is 2. The second kappa shape index (κ2) is 8.88. The Morgan fingerprint density at radius 2 is 1.94 bits per heavy atom. The number of fused-ring (bicyclic) bond motifs is 1. The van der Waals surface area contributed by atoms with Crippen LogP contribution in [0, 0.1) is 11.3 Å². The van der Waals surface area contributed by atoms with E-state index in [1.807, 2.05) is 24.3 Å². The minimum absolute atomic E-state index is 0.256. The Kier molecular flexibility index (Phi) is 5.67. The fourth-order valence-corrected chi connectivity index (χ4v) is 3.07. The third-order valence-corrected chi connectivity index (χ3v) is 4.63. The molecule has 2 amide bonds. The lowest BCUT2D eigenvalue weighted by Gasteiger charge is -2.09. The van der Waals surface area contributed by atoms with Crippen LogP contribution >= 0.6 is 0 Å². The van der Waals surface area contributed by atoms with Crippen molar-refractivity contribution >= 4 is 28.4 Å². The number of hydrogen-bond donors (Lipinski definition) is 3. The van der Waals surface area contributed by atoms with Gasteiger partial charge in [0.1, 0.15) is 18.1 Å². The number of hydrogen-bond acceptors (Lipinski definition) is 5. The second-order valence-corrected chi connectivity index (χ2v) is 6.65. The molecule has 0 fully saturated rings. The van der Waals surface area contributed by atoms with Crippen molar-refractivity contribution in [1.82, 2.24) is 10.2 Å². The van der Waals surface area contributed by atoms with E-state index in [0.29, 0.717) is 34.0 Å². The molecule has 0 bridgehead atoms. The number of rotatable bonds is 6. The molecule has 0 aliphatic heterocycles. The molecule has 154 valence electrons. The summed E-state index contributed by atoms with van der Waals surface area (Å²) in [6.45, 7) is 0.256. The summed E-state index contributed by atoms with van der Waals surface area (Å²) in [6.07, 6.45) is 0. The molecule has 0 saturated heterocycles. The number of amides is 2. The van der Waals surface area contributed by atoms with Crippen LogP contribution in [0.5, 0.6) is 11.5 Å². The van der Waals surface area contributed by atoms with Crippen LogP contribution in [0.2, 0.25) is 0 Å². The Bertz CT molecular complexity index is 1280. The summed E-state index contributed by atoms with van der Waals surface area (Å²) < 4.78 is 11.0. The fraction of sp³-hybridized carbons (Fsp3) is 0.0870. The van der Waals surface area contributed by atoms with E-state index in [4.69, 9.17) is 9.47 Å². The number of nitrogens with zero attached hydrogens (tertiary/aromatic N) is 2. The van der Waals surface area contributed by atoms with Crippen molar-refractivity contribution in [3.05, 3.63) is 77.9 Å². The number of nitriles is 1. The Morgan fingerprint density at radius 3 is 2.77 bits per heavy atom. The maximum atomic E-state index is 12.4. The van der Waals surface area contributed by atoms with Crippen LogP contribution in [-0.2, 0) is 6.61 Å². The van der Waals surface area contributed by atoms with Gasteiger partial charge in [-0.3, -0.25) is 10.4 Å². The lowest BCUT2D eigenvalue weighted by molar-refractivity contribution is 0.262. The summed E-state index contributed by atoms with van der Waals surface area (Å²) in [4.78, 5) is 12.4. The van der Waals surface area contributed by atoms with Crippen LogP contribution in [0.4, 0.5) is 16.3 Å². The number of nitrogens with one attached hydrogen (secondary N) is 3. The highest BCUT2D eigenvalue weighted by Gasteiger charge is 2.11. The smallest absolute Gasteiger partial charge is 0.324 e. The molecule has 4 rings (SSSR count). The van der Waals surface area contributed by atoms with Crippen LogP contribution in [0.25, 0.3) is 10.9 Å². The summed E-state index contributed by atoms with van der Waals surface area (Å²) in [5, 5.41) is 22.5. The van der Waals surface area contributed by atoms with Crippen molar-refractivity contribution in [2.24, 2.45) is 0 Å². The SMILES string of the molecule is COc1cccc(NC(=O)Nc2n[nH]c3ccc(OCc4ccccc4C#N)cc23)c1. The highest BCUT2D eigenvalue weighted by Crippen LogP contribution is 2.26. The van der Waals surface area contributed by atoms with Gasteiger partial charge in [0.05, 0.1) is 24.3 Å². The maximum Gasteiger partial charge on any atom is 0.324 e. The van der Waals surface area contributed by atoms with Crippen LogP contribution in [0.3, 0.4) is 0 Å². The largest absolute Gasteiger partial charge is 0.497 e. The van der Waals surface area contributed by atoms with Crippen LogP contribution in [0.1, 0.15) is 11.1 Å². The molecular formula is C23H19N5O3. The molecule has 1 heterocycles. The highest BCUT2D eigenvalue weighted by atomic mass is 16.5. The summed E-state index contributed by atoms with van der Waals surface area (Å²) in [5.74, 6) is 1.61. The molecule has 0 aliphatic carbocycles. The third-order valence-electron chi connectivity index (χ3n) is 4.63. The molecule has 8 heteroatoms. The van der Waals surface area contributed by atoms with Crippen molar-refractivity contribution in [2.45, 2.75) is 6.61 Å². The molecule has 0 aliphatic rings. The minimum Gasteiger partial charge on any atom is -0.497 e. The maximum absolute atomic E-state index is 12.4. The van der Waals surface area contributed by atoms with Crippen molar-refractivity contribution in [3.63, 3.8) is 0 Å². The normalized spacial score (nSPS) is 10.3. The number of methoxy groups -OCH3 is 1. The molecule has 0 saturated carbocycles. The molecule has 31 heavy (non-hydrogen) atoms. The van der Waals surface area contributed by atoms with Crippen molar-refractivity contribution < 1.29 is 14.3 Å². The second-order valence-electron chi connectivity index (χ2n) is 6.65. The van der Waals surface area contributed by atoms with Gasteiger partial charge in [-0.2, -0.15) is 10.4 Å². The Balaban J connectivity index is 1.47. The van der Waals surface area contributed by atoms with Crippen molar-refractivity contribution in [2.75, 3.05) is 17.7 Å². The number of carbonyl (C=O) groups excluding carboxylic acids is 1. The Labute approximate surface area is 178 Å². The van der Waals surface area contributed by atoms with Gasteiger partial charge in [-0.15, -0.1) is 0 Å². The van der Waals surface area contributed by atoms with Crippen molar-refractivity contribution in [1.29, 1.82) is 5.26 Å². The molecule has 0 unspecified atom stereocenters. The van der Waals surface area contributed by atoms with E-state index in [1.165, 1.54) is 0 Å². The summed E-state index contributed by atoms with van der Waals surface area (Å²) in [6, 6.07) is 21.5. The lowest BCUT2D eigenvalue weighted by Crippen LogP contribution is -2.19. The zero-order valence-corrected chi connectivity index (χ0v) is 16.7. The Hall–Kier alpha value is -4.51. The molecule has 0 radical (unpaired) electrons. The van der Waals surface area contributed by atoms with Gasteiger partial charge in [0.25, 0.3) is 0 Å². The van der Waals surface area contributed by atoms with E-state index in [1.54, 1.807) is 49.6 Å². The number of carbonyl (C=O) groups is 1. The standard InChI is InChI=1S/C23H19N5O3/c1-30-18-8-4-7-17(11-18)25-23(29)26-22-20-12-19(9-10-21(20)27-28-22)31-14-16-6-3-2-5-15(16)13-24/h2-12H,14H2,1H3,(H3,25,26,27,28,29). The van der Waals surface area contributed by atoms with E-state index in [2.05, 4.69) is 26.9 Å². The van der Waals surface area contributed by atoms with Crippen LogP contribution in [-0.4, -0.2) is 23.3 Å². The van der Waals surface area contributed by atoms with E-state index in [-0.39, 0.29) is 6.61 Å². The van der Waals surface area contributed by atoms with Gasteiger partial charge in [-0.1, -0.05) is 24.3 Å². The first-order chi connectivity index (χ1) is 15.2. The molecule has 4 aromatic rings. The fourth-order valence-electron chi connectivity index (χ4n) is 3.07. The molecule has 8 nitrogen and oxygen atoms in total. The third kappa shape index (κ3) is 4.57. The lowest BCUT2D eigenvalue weighted by atomic mass is 10.1. The quantitative estimate of drug-likeness (QED) is 0.425. The van der Waals surface area contributed by atoms with Crippen LogP contribution in [0.15, 0.2) is 66.7 Å². The van der Waals surface area contributed by atoms with Crippen molar-refractivity contribution in [3.8, 4) is 17.6 Å². The minimum atomic E-state index is -0.434. The predicted octanol–water partition coefficient (Wildman–Crippen LogP) is 4.67. The number of H-pyrrole nitrogens is 1. The number of anilines is 2. The summed E-state index contributed by atoms with van der Waals surface area (Å²) in [5.41, 5.74) is 2.72. The molecule has 0 spiro atoms. The molecule has 0 atom stereocenters.